The fourth-order valence-corrected chi connectivity index (χ4v) is 4.95. The van der Waals surface area contributed by atoms with Crippen molar-refractivity contribution in [1.29, 1.82) is 0 Å². The molecule has 1 aliphatic rings. The molecule has 1 N–H and O–H groups in total. The van der Waals surface area contributed by atoms with Gasteiger partial charge in [0, 0.05) is 24.6 Å². The summed E-state index contributed by atoms with van der Waals surface area (Å²) >= 11 is 0. The number of nitrogens with zero attached hydrogens (tertiary/aromatic N) is 2. The van der Waals surface area contributed by atoms with Crippen molar-refractivity contribution in [3.8, 4) is 0 Å². The van der Waals surface area contributed by atoms with Gasteiger partial charge in [0.1, 0.15) is 0 Å². The van der Waals surface area contributed by atoms with Crippen LogP contribution in [0.5, 0.6) is 0 Å². The van der Waals surface area contributed by atoms with E-state index in [0.717, 1.165) is 34.4 Å². The SMILES string of the molecule is Cc1ccc(C)c(CS(=O)(=O)Nc2ccc3c(c2)N(C(=O)c2cccnc2)CC3)c1. The van der Waals surface area contributed by atoms with Gasteiger partial charge < -0.3 is 4.90 Å². The Bertz CT molecular complexity index is 1210. The van der Waals surface area contributed by atoms with Gasteiger partial charge in [0.25, 0.3) is 5.91 Å². The lowest BCUT2D eigenvalue weighted by atomic mass is 10.1. The molecule has 0 fully saturated rings. The molecule has 2 aromatic carbocycles. The van der Waals surface area contributed by atoms with Crippen LogP contribution in [0.4, 0.5) is 11.4 Å². The summed E-state index contributed by atoms with van der Waals surface area (Å²) in [5.74, 6) is -0.243. The Morgan fingerprint density at radius 2 is 1.97 bits per heavy atom. The number of hydrogen-bond acceptors (Lipinski definition) is 4. The molecule has 0 atom stereocenters. The number of carbonyl (C=O) groups excluding carboxylic acids is 1. The zero-order valence-corrected chi connectivity index (χ0v) is 17.7. The largest absolute Gasteiger partial charge is 0.308 e. The lowest BCUT2D eigenvalue weighted by molar-refractivity contribution is 0.0989. The lowest BCUT2D eigenvalue weighted by Gasteiger charge is -2.18. The second-order valence-electron chi connectivity index (χ2n) is 7.58. The first kappa shape index (κ1) is 20.1. The summed E-state index contributed by atoms with van der Waals surface area (Å²) in [6, 6.07) is 14.6. The molecule has 7 heteroatoms. The summed E-state index contributed by atoms with van der Waals surface area (Å²) in [7, 11) is -3.60. The van der Waals surface area contributed by atoms with Gasteiger partial charge in [-0.15, -0.1) is 0 Å². The van der Waals surface area contributed by atoms with E-state index in [2.05, 4.69) is 9.71 Å². The molecule has 0 saturated heterocycles. The topological polar surface area (TPSA) is 79.4 Å². The standard InChI is InChI=1S/C23H23N3O3S/c1-16-5-6-17(2)20(12-16)15-30(28,29)25-21-8-7-18-9-11-26(22(18)13-21)23(27)19-4-3-10-24-14-19/h3-8,10,12-14,25H,9,11,15H2,1-2H3. The van der Waals surface area contributed by atoms with Crippen LogP contribution in [0.25, 0.3) is 0 Å². The number of aromatic nitrogens is 1. The number of carbonyl (C=O) groups is 1. The van der Waals surface area contributed by atoms with Crippen LogP contribution in [0.3, 0.4) is 0 Å². The molecule has 1 aromatic heterocycles. The van der Waals surface area contributed by atoms with E-state index in [4.69, 9.17) is 0 Å². The van der Waals surface area contributed by atoms with Gasteiger partial charge in [-0.25, -0.2) is 8.42 Å². The minimum atomic E-state index is -3.60. The smallest absolute Gasteiger partial charge is 0.259 e. The van der Waals surface area contributed by atoms with Crippen molar-refractivity contribution in [2.75, 3.05) is 16.2 Å². The number of amides is 1. The Morgan fingerprint density at radius 1 is 1.13 bits per heavy atom. The average Bonchev–Trinajstić information content (AvgIpc) is 3.13. The van der Waals surface area contributed by atoms with Crippen LogP contribution in [0, 0.1) is 13.8 Å². The summed E-state index contributed by atoms with van der Waals surface area (Å²) in [6.07, 6.45) is 3.89. The monoisotopic (exact) mass is 421 g/mol. The van der Waals surface area contributed by atoms with Gasteiger partial charge in [-0.05, 0) is 61.2 Å². The summed E-state index contributed by atoms with van der Waals surface area (Å²) in [5.41, 5.74) is 5.44. The predicted molar refractivity (Wildman–Crippen MR) is 118 cm³/mol. The van der Waals surface area contributed by atoms with Crippen LogP contribution in [0.1, 0.15) is 32.6 Å². The number of nitrogens with one attached hydrogen (secondary N) is 1. The van der Waals surface area contributed by atoms with Gasteiger partial charge in [-0.2, -0.15) is 0 Å². The molecule has 154 valence electrons. The molecule has 0 spiro atoms. The third-order valence-electron chi connectivity index (χ3n) is 5.26. The number of hydrogen-bond donors (Lipinski definition) is 1. The zero-order chi connectivity index (χ0) is 21.3. The van der Waals surface area contributed by atoms with Crippen molar-refractivity contribution in [2.45, 2.75) is 26.0 Å². The maximum atomic E-state index is 12.9. The third kappa shape index (κ3) is 4.21. The highest BCUT2D eigenvalue weighted by atomic mass is 32.2. The number of aryl methyl sites for hydroxylation is 2. The molecule has 0 bridgehead atoms. The van der Waals surface area contributed by atoms with Gasteiger partial charge in [-0.3, -0.25) is 14.5 Å². The van der Waals surface area contributed by atoms with Crippen LogP contribution in [0.15, 0.2) is 60.9 Å². The van der Waals surface area contributed by atoms with Crippen molar-refractivity contribution in [3.63, 3.8) is 0 Å². The fraction of sp³-hybridized carbons (Fsp3) is 0.217. The van der Waals surface area contributed by atoms with Crippen LogP contribution in [-0.2, 0) is 22.2 Å². The Hall–Kier alpha value is -3.19. The number of benzene rings is 2. The Kier molecular flexibility index (Phi) is 5.30. The van der Waals surface area contributed by atoms with Crippen molar-refractivity contribution in [3.05, 3.63) is 88.7 Å². The second-order valence-corrected chi connectivity index (χ2v) is 9.31. The summed E-state index contributed by atoms with van der Waals surface area (Å²) < 4.78 is 28.2. The third-order valence-corrected chi connectivity index (χ3v) is 6.50. The van der Waals surface area contributed by atoms with Crippen molar-refractivity contribution in [2.24, 2.45) is 0 Å². The molecule has 0 saturated carbocycles. The van der Waals surface area contributed by atoms with E-state index in [9.17, 15) is 13.2 Å². The molecule has 1 aliphatic heterocycles. The number of sulfonamides is 1. The Balaban J connectivity index is 1.57. The minimum absolute atomic E-state index is 0.101. The first-order valence-electron chi connectivity index (χ1n) is 9.74. The molecule has 4 rings (SSSR count). The molecule has 0 radical (unpaired) electrons. The lowest BCUT2D eigenvalue weighted by Crippen LogP contribution is -2.29. The number of anilines is 2. The average molecular weight is 422 g/mol. The van der Waals surface area contributed by atoms with E-state index in [1.54, 1.807) is 35.4 Å². The number of pyridine rings is 1. The fourth-order valence-electron chi connectivity index (χ4n) is 3.67. The van der Waals surface area contributed by atoms with E-state index < -0.39 is 10.0 Å². The maximum Gasteiger partial charge on any atom is 0.259 e. The summed E-state index contributed by atoms with van der Waals surface area (Å²) in [5, 5.41) is 0. The molecule has 1 amide bonds. The maximum absolute atomic E-state index is 12.9. The summed E-state index contributed by atoms with van der Waals surface area (Å²) in [4.78, 5) is 18.6. The zero-order valence-electron chi connectivity index (χ0n) is 16.9. The van der Waals surface area contributed by atoms with Crippen LogP contribution < -0.4 is 9.62 Å². The highest BCUT2D eigenvalue weighted by molar-refractivity contribution is 7.91. The molecule has 2 heterocycles. The van der Waals surface area contributed by atoms with Crippen LogP contribution >= 0.6 is 0 Å². The molecule has 3 aromatic rings. The Morgan fingerprint density at radius 3 is 2.73 bits per heavy atom. The van der Waals surface area contributed by atoms with Crippen molar-refractivity contribution >= 4 is 27.3 Å². The van der Waals surface area contributed by atoms with Crippen molar-refractivity contribution in [1.82, 2.24) is 4.98 Å². The molecular formula is C23H23N3O3S. The van der Waals surface area contributed by atoms with Gasteiger partial charge >= 0.3 is 0 Å². The summed E-state index contributed by atoms with van der Waals surface area (Å²) in [6.45, 7) is 4.40. The second kappa shape index (κ2) is 7.91. The van der Waals surface area contributed by atoms with E-state index in [0.29, 0.717) is 17.8 Å². The molecule has 6 nitrogen and oxygen atoms in total. The highest BCUT2D eigenvalue weighted by Crippen LogP contribution is 2.32. The van der Waals surface area contributed by atoms with E-state index in [-0.39, 0.29) is 11.7 Å². The minimum Gasteiger partial charge on any atom is -0.308 e. The first-order chi connectivity index (χ1) is 14.3. The Labute approximate surface area is 176 Å². The van der Waals surface area contributed by atoms with Gasteiger partial charge in [0.2, 0.25) is 10.0 Å². The normalized spacial score (nSPS) is 13.2. The molecule has 30 heavy (non-hydrogen) atoms. The first-order valence-corrected chi connectivity index (χ1v) is 11.4. The molecule has 0 aliphatic carbocycles. The van der Waals surface area contributed by atoms with Gasteiger partial charge in [0.15, 0.2) is 0 Å². The van der Waals surface area contributed by atoms with Gasteiger partial charge in [-0.1, -0.05) is 29.8 Å². The van der Waals surface area contributed by atoms with Crippen LogP contribution in [0.2, 0.25) is 0 Å². The van der Waals surface area contributed by atoms with Gasteiger partial charge in [0.05, 0.1) is 17.0 Å². The van der Waals surface area contributed by atoms with E-state index in [1.807, 2.05) is 38.1 Å². The predicted octanol–water partition coefficient (Wildman–Crippen LogP) is 3.84. The number of rotatable bonds is 5. The van der Waals surface area contributed by atoms with Crippen molar-refractivity contribution < 1.29 is 13.2 Å². The van der Waals surface area contributed by atoms with Crippen LogP contribution in [-0.4, -0.2) is 25.9 Å². The van der Waals surface area contributed by atoms with E-state index in [1.165, 1.54) is 6.20 Å². The number of fused-ring (bicyclic) bond motifs is 1. The highest BCUT2D eigenvalue weighted by Gasteiger charge is 2.26. The quantitative estimate of drug-likeness (QED) is 0.679. The van der Waals surface area contributed by atoms with E-state index >= 15 is 0 Å². The molecule has 0 unspecified atom stereocenters. The molecular weight excluding hydrogens is 398 g/mol.